The molecule has 0 atom stereocenters. The van der Waals surface area contributed by atoms with E-state index in [0.29, 0.717) is 12.5 Å². The first-order valence-corrected chi connectivity index (χ1v) is 11.1. The van der Waals surface area contributed by atoms with Gasteiger partial charge in [0, 0.05) is 18.8 Å². The van der Waals surface area contributed by atoms with Gasteiger partial charge in [-0.2, -0.15) is 0 Å². The number of benzene rings is 3. The molecular weight excluding hydrogens is 402 g/mol. The lowest BCUT2D eigenvalue weighted by atomic mass is 10.0. The number of phenols is 1. The lowest BCUT2D eigenvalue weighted by Gasteiger charge is -2.28. The molecule has 0 aromatic heterocycles. The Balaban J connectivity index is 1.56. The molecule has 1 aliphatic carbocycles. The van der Waals surface area contributed by atoms with Crippen molar-refractivity contribution in [3.05, 3.63) is 77.9 Å². The highest BCUT2D eigenvalue weighted by atomic mass is 16.5. The number of aromatic carboxylic acids is 1. The number of hydrogen-bond acceptors (Lipinski definition) is 4. The molecule has 5 nitrogen and oxygen atoms in total. The van der Waals surface area contributed by atoms with Gasteiger partial charge in [0.1, 0.15) is 17.1 Å². The lowest BCUT2D eigenvalue weighted by Crippen LogP contribution is -2.28. The van der Waals surface area contributed by atoms with Gasteiger partial charge in [-0.15, -0.1) is 0 Å². The van der Waals surface area contributed by atoms with Crippen molar-refractivity contribution >= 4 is 11.7 Å². The van der Waals surface area contributed by atoms with E-state index in [1.165, 1.54) is 31.7 Å². The maximum atomic E-state index is 11.5. The predicted molar refractivity (Wildman–Crippen MR) is 127 cm³/mol. The zero-order valence-corrected chi connectivity index (χ0v) is 18.3. The van der Waals surface area contributed by atoms with Gasteiger partial charge in [-0.25, -0.2) is 4.79 Å². The number of methoxy groups -OCH3 is 1. The van der Waals surface area contributed by atoms with Crippen molar-refractivity contribution in [3.63, 3.8) is 0 Å². The molecule has 0 unspecified atom stereocenters. The molecule has 3 aromatic carbocycles. The molecule has 4 rings (SSSR count). The van der Waals surface area contributed by atoms with Crippen LogP contribution in [0.1, 0.15) is 41.6 Å². The van der Waals surface area contributed by atoms with Crippen molar-refractivity contribution in [2.45, 2.75) is 32.2 Å². The second-order valence-corrected chi connectivity index (χ2v) is 8.46. The fourth-order valence-corrected chi connectivity index (χ4v) is 4.46. The van der Waals surface area contributed by atoms with Gasteiger partial charge in [-0.1, -0.05) is 49.2 Å². The zero-order valence-electron chi connectivity index (χ0n) is 18.3. The van der Waals surface area contributed by atoms with Crippen LogP contribution in [0.4, 0.5) is 5.69 Å². The minimum atomic E-state index is -1.12. The van der Waals surface area contributed by atoms with Crippen molar-refractivity contribution < 1.29 is 19.7 Å². The van der Waals surface area contributed by atoms with Gasteiger partial charge in [-0.3, -0.25) is 0 Å². The van der Waals surface area contributed by atoms with E-state index in [0.717, 1.165) is 34.7 Å². The molecule has 0 aliphatic heterocycles. The molecule has 3 aromatic rings. The molecule has 0 saturated heterocycles. The number of rotatable bonds is 8. The Morgan fingerprint density at radius 1 is 0.969 bits per heavy atom. The summed E-state index contributed by atoms with van der Waals surface area (Å²) in [6.07, 6.45) is 4.92. The van der Waals surface area contributed by atoms with Crippen LogP contribution in [0.5, 0.6) is 11.5 Å². The number of carboxylic acids is 1. The third kappa shape index (κ3) is 5.05. The van der Waals surface area contributed by atoms with Crippen molar-refractivity contribution in [3.8, 4) is 22.6 Å². The fraction of sp³-hybridized carbons (Fsp3) is 0.296. The zero-order chi connectivity index (χ0) is 22.5. The van der Waals surface area contributed by atoms with Gasteiger partial charge in [-0.05, 0) is 65.8 Å². The highest BCUT2D eigenvalue weighted by Crippen LogP contribution is 2.31. The lowest BCUT2D eigenvalue weighted by molar-refractivity contribution is 0.0693. The number of carbonyl (C=O) groups is 1. The average Bonchev–Trinajstić information content (AvgIpc) is 3.32. The number of anilines is 1. The quantitative estimate of drug-likeness (QED) is 0.460. The summed E-state index contributed by atoms with van der Waals surface area (Å²) in [5, 5.41) is 19.4. The van der Waals surface area contributed by atoms with Gasteiger partial charge >= 0.3 is 5.97 Å². The van der Waals surface area contributed by atoms with Crippen LogP contribution in [0.3, 0.4) is 0 Å². The largest absolute Gasteiger partial charge is 0.507 e. The second-order valence-electron chi connectivity index (χ2n) is 8.46. The summed E-state index contributed by atoms with van der Waals surface area (Å²) in [5.41, 5.74) is 4.19. The summed E-state index contributed by atoms with van der Waals surface area (Å²) in [7, 11) is 1.66. The van der Waals surface area contributed by atoms with Gasteiger partial charge in [0.15, 0.2) is 0 Å². The molecule has 0 heterocycles. The molecule has 2 N–H and O–H groups in total. The number of ether oxygens (including phenoxy) is 1. The van der Waals surface area contributed by atoms with Gasteiger partial charge in [0.25, 0.3) is 0 Å². The van der Waals surface area contributed by atoms with E-state index in [1.54, 1.807) is 13.2 Å². The van der Waals surface area contributed by atoms with E-state index in [2.05, 4.69) is 29.2 Å². The molecule has 1 saturated carbocycles. The first-order valence-electron chi connectivity index (χ1n) is 11.1. The van der Waals surface area contributed by atoms with Crippen LogP contribution in [-0.4, -0.2) is 29.8 Å². The number of hydrogen-bond donors (Lipinski definition) is 2. The van der Waals surface area contributed by atoms with E-state index >= 15 is 0 Å². The summed E-state index contributed by atoms with van der Waals surface area (Å²) in [6.45, 7) is 1.56. The van der Waals surface area contributed by atoms with Crippen molar-refractivity contribution in [1.29, 1.82) is 0 Å². The SMILES string of the molecule is COc1ccc(-c2ccc(CN(CC3CCCC3)c3ccc(O)c(C(=O)O)c3)cc2)cc1. The highest BCUT2D eigenvalue weighted by molar-refractivity contribution is 5.92. The van der Waals surface area contributed by atoms with Crippen LogP contribution in [0.25, 0.3) is 11.1 Å². The summed E-state index contributed by atoms with van der Waals surface area (Å²) in [5.74, 6) is 0.123. The van der Waals surface area contributed by atoms with E-state index < -0.39 is 5.97 Å². The Hall–Kier alpha value is -3.47. The molecule has 0 radical (unpaired) electrons. The topological polar surface area (TPSA) is 70.0 Å². The fourth-order valence-electron chi connectivity index (χ4n) is 4.46. The highest BCUT2D eigenvalue weighted by Gasteiger charge is 2.21. The second kappa shape index (κ2) is 9.77. The Kier molecular flexibility index (Phi) is 6.64. The van der Waals surface area contributed by atoms with Gasteiger partial charge < -0.3 is 19.8 Å². The Labute approximate surface area is 188 Å². The smallest absolute Gasteiger partial charge is 0.339 e. The first-order chi connectivity index (χ1) is 15.5. The molecule has 0 spiro atoms. The summed E-state index contributed by atoms with van der Waals surface area (Å²) in [6, 6.07) is 21.4. The Bertz CT molecular complexity index is 1050. The maximum Gasteiger partial charge on any atom is 0.339 e. The molecule has 1 aliphatic rings. The Morgan fingerprint density at radius 3 is 2.19 bits per heavy atom. The molecular formula is C27H29NO4. The molecule has 1 fully saturated rings. The van der Waals surface area contributed by atoms with Crippen LogP contribution >= 0.6 is 0 Å². The van der Waals surface area contributed by atoms with Crippen LogP contribution in [0.15, 0.2) is 66.7 Å². The number of carboxylic acid groups (broad SMARTS) is 1. The van der Waals surface area contributed by atoms with E-state index in [1.807, 2.05) is 30.3 Å². The maximum absolute atomic E-state index is 11.5. The van der Waals surface area contributed by atoms with Crippen LogP contribution in [0, 0.1) is 5.92 Å². The summed E-state index contributed by atoms with van der Waals surface area (Å²) in [4.78, 5) is 13.8. The molecule has 166 valence electrons. The van der Waals surface area contributed by atoms with Gasteiger partial charge in [0.2, 0.25) is 0 Å². The van der Waals surface area contributed by atoms with Crippen molar-refractivity contribution in [2.75, 3.05) is 18.6 Å². The van der Waals surface area contributed by atoms with Crippen molar-refractivity contribution in [1.82, 2.24) is 0 Å². The molecule has 0 amide bonds. The van der Waals surface area contributed by atoms with E-state index in [9.17, 15) is 15.0 Å². The Morgan fingerprint density at radius 2 is 1.59 bits per heavy atom. The average molecular weight is 432 g/mol. The summed E-state index contributed by atoms with van der Waals surface area (Å²) < 4.78 is 5.24. The molecule has 0 bridgehead atoms. The summed E-state index contributed by atoms with van der Waals surface area (Å²) >= 11 is 0. The van der Waals surface area contributed by atoms with E-state index in [4.69, 9.17) is 4.74 Å². The monoisotopic (exact) mass is 431 g/mol. The molecule has 5 heteroatoms. The van der Waals surface area contributed by atoms with Gasteiger partial charge in [0.05, 0.1) is 7.11 Å². The first kappa shape index (κ1) is 21.8. The predicted octanol–water partition coefficient (Wildman–Crippen LogP) is 5.96. The third-order valence-electron chi connectivity index (χ3n) is 6.28. The molecule has 32 heavy (non-hydrogen) atoms. The number of aromatic hydroxyl groups is 1. The van der Waals surface area contributed by atoms with Crippen LogP contribution in [0.2, 0.25) is 0 Å². The van der Waals surface area contributed by atoms with Crippen LogP contribution < -0.4 is 9.64 Å². The minimum absolute atomic E-state index is 0.0613. The number of nitrogens with zero attached hydrogens (tertiary/aromatic N) is 1. The standard InChI is InChI=1S/C27H29NO4/c1-32-24-13-10-22(11-14-24)21-8-6-20(7-9-21)18-28(17-19-4-2-3-5-19)23-12-15-26(29)25(16-23)27(30)31/h6-16,19,29H,2-5,17-18H2,1H3,(H,30,31). The minimum Gasteiger partial charge on any atom is -0.507 e. The van der Waals surface area contributed by atoms with E-state index in [-0.39, 0.29) is 11.3 Å². The van der Waals surface area contributed by atoms with Crippen molar-refractivity contribution in [2.24, 2.45) is 5.92 Å². The third-order valence-corrected chi connectivity index (χ3v) is 6.28. The van der Waals surface area contributed by atoms with Crippen LogP contribution in [-0.2, 0) is 6.54 Å². The normalized spacial score (nSPS) is 13.8.